The van der Waals surface area contributed by atoms with E-state index in [1.54, 1.807) is 0 Å². The monoisotopic (exact) mass is 297 g/mol. The predicted octanol–water partition coefficient (Wildman–Crippen LogP) is 3.50. The Bertz CT molecular complexity index is 386. The predicted molar refractivity (Wildman–Crippen MR) is 75.5 cm³/mol. The first-order valence-electron chi connectivity index (χ1n) is 6.25. The zero-order chi connectivity index (χ0) is 12.4. The summed E-state index contributed by atoms with van der Waals surface area (Å²) in [4.78, 5) is 2.37. The van der Waals surface area contributed by atoms with E-state index in [0.717, 1.165) is 30.2 Å². The minimum Gasteiger partial charge on any atom is -0.393 e. The highest BCUT2D eigenvalue weighted by molar-refractivity contribution is 9.10. The van der Waals surface area contributed by atoms with Crippen LogP contribution in [0.3, 0.4) is 0 Å². The van der Waals surface area contributed by atoms with Gasteiger partial charge >= 0.3 is 0 Å². The molecule has 0 amide bonds. The van der Waals surface area contributed by atoms with E-state index in [-0.39, 0.29) is 6.10 Å². The van der Waals surface area contributed by atoms with Gasteiger partial charge in [0.2, 0.25) is 0 Å². The Balaban J connectivity index is 2.11. The summed E-state index contributed by atoms with van der Waals surface area (Å²) in [6.07, 6.45) is 3.97. The third kappa shape index (κ3) is 3.02. The Morgan fingerprint density at radius 1 is 1.24 bits per heavy atom. The normalized spacial score (nSPS) is 24.7. The summed E-state index contributed by atoms with van der Waals surface area (Å²) in [6, 6.07) is 6.99. The average Bonchev–Trinajstić information content (AvgIpc) is 2.29. The highest BCUT2D eigenvalue weighted by atomic mass is 79.9. The minimum atomic E-state index is -0.0781. The lowest BCUT2D eigenvalue weighted by atomic mass is 9.91. The van der Waals surface area contributed by atoms with E-state index in [9.17, 15) is 5.11 Å². The van der Waals surface area contributed by atoms with Gasteiger partial charge in [-0.25, -0.2) is 0 Å². The van der Waals surface area contributed by atoms with Crippen molar-refractivity contribution in [2.75, 3.05) is 11.9 Å². The Kier molecular flexibility index (Phi) is 4.10. The fourth-order valence-electron chi connectivity index (χ4n) is 2.66. The number of aliphatic hydroxyl groups is 1. The van der Waals surface area contributed by atoms with Gasteiger partial charge in [-0.15, -0.1) is 0 Å². The Morgan fingerprint density at radius 2 is 1.88 bits per heavy atom. The number of aryl methyl sites for hydroxylation is 1. The molecule has 0 saturated heterocycles. The smallest absolute Gasteiger partial charge is 0.0541 e. The highest BCUT2D eigenvalue weighted by Gasteiger charge is 2.23. The summed E-state index contributed by atoms with van der Waals surface area (Å²) in [5, 5.41) is 9.55. The van der Waals surface area contributed by atoms with E-state index >= 15 is 0 Å². The number of halogens is 1. The van der Waals surface area contributed by atoms with E-state index < -0.39 is 0 Å². The van der Waals surface area contributed by atoms with Gasteiger partial charge in [-0.3, -0.25) is 0 Å². The second-order valence-corrected chi connectivity index (χ2v) is 5.92. The zero-order valence-electron chi connectivity index (χ0n) is 10.5. The molecule has 1 aromatic carbocycles. The van der Waals surface area contributed by atoms with Crippen molar-refractivity contribution in [1.82, 2.24) is 0 Å². The first-order valence-corrected chi connectivity index (χ1v) is 7.04. The molecule has 0 aliphatic heterocycles. The molecule has 2 rings (SSSR count). The van der Waals surface area contributed by atoms with Crippen LogP contribution < -0.4 is 4.90 Å². The van der Waals surface area contributed by atoms with E-state index in [1.807, 2.05) is 0 Å². The van der Waals surface area contributed by atoms with Crippen LogP contribution in [0.4, 0.5) is 5.69 Å². The van der Waals surface area contributed by atoms with Gasteiger partial charge in [0.15, 0.2) is 0 Å². The first kappa shape index (κ1) is 12.9. The summed E-state index contributed by atoms with van der Waals surface area (Å²) < 4.78 is 1.13. The molecule has 0 atom stereocenters. The molecule has 0 heterocycles. The fourth-order valence-corrected chi connectivity index (χ4v) is 3.13. The van der Waals surface area contributed by atoms with Gasteiger partial charge in [0.05, 0.1) is 6.10 Å². The number of anilines is 1. The molecule has 0 bridgehead atoms. The standard InChI is InChI=1S/C14H20BrNO/c1-10-9-11(15)3-8-14(10)16(2)12-4-6-13(17)7-5-12/h3,8-9,12-13,17H,4-7H2,1-2H3. The quantitative estimate of drug-likeness (QED) is 0.903. The van der Waals surface area contributed by atoms with Gasteiger partial charge in [-0.2, -0.15) is 0 Å². The number of hydrogen-bond acceptors (Lipinski definition) is 2. The maximum Gasteiger partial charge on any atom is 0.0541 e. The molecule has 1 aromatic rings. The summed E-state index contributed by atoms with van der Waals surface area (Å²) in [7, 11) is 2.17. The molecule has 1 aliphatic carbocycles. The van der Waals surface area contributed by atoms with Crippen LogP contribution in [0.1, 0.15) is 31.2 Å². The lowest BCUT2D eigenvalue weighted by Gasteiger charge is -2.35. The largest absolute Gasteiger partial charge is 0.393 e. The van der Waals surface area contributed by atoms with Gasteiger partial charge in [-0.1, -0.05) is 15.9 Å². The zero-order valence-corrected chi connectivity index (χ0v) is 12.1. The molecule has 2 nitrogen and oxygen atoms in total. The van der Waals surface area contributed by atoms with Crippen molar-refractivity contribution in [1.29, 1.82) is 0 Å². The highest BCUT2D eigenvalue weighted by Crippen LogP contribution is 2.29. The fraction of sp³-hybridized carbons (Fsp3) is 0.571. The molecular weight excluding hydrogens is 278 g/mol. The first-order chi connectivity index (χ1) is 8.08. The van der Waals surface area contributed by atoms with Crippen molar-refractivity contribution in [2.24, 2.45) is 0 Å². The van der Waals surface area contributed by atoms with Crippen molar-refractivity contribution in [3.05, 3.63) is 28.2 Å². The molecule has 1 fully saturated rings. The average molecular weight is 298 g/mol. The van der Waals surface area contributed by atoms with Crippen LogP contribution in [0.5, 0.6) is 0 Å². The van der Waals surface area contributed by atoms with Gasteiger partial charge in [0.1, 0.15) is 0 Å². The van der Waals surface area contributed by atoms with Gasteiger partial charge in [-0.05, 0) is 56.4 Å². The molecular formula is C14H20BrNO. The van der Waals surface area contributed by atoms with E-state index in [1.165, 1.54) is 11.3 Å². The molecule has 0 radical (unpaired) electrons. The minimum absolute atomic E-state index is 0.0781. The van der Waals surface area contributed by atoms with Crippen LogP contribution in [0.15, 0.2) is 22.7 Å². The van der Waals surface area contributed by atoms with E-state index in [2.05, 4.69) is 53.0 Å². The Hall–Kier alpha value is -0.540. The lowest BCUT2D eigenvalue weighted by molar-refractivity contribution is 0.122. The van der Waals surface area contributed by atoms with Crippen LogP contribution in [0, 0.1) is 6.92 Å². The topological polar surface area (TPSA) is 23.5 Å². The molecule has 0 unspecified atom stereocenters. The van der Waals surface area contributed by atoms with Crippen LogP contribution in [0.2, 0.25) is 0 Å². The van der Waals surface area contributed by atoms with Crippen molar-refractivity contribution in [3.8, 4) is 0 Å². The number of hydrogen-bond donors (Lipinski definition) is 1. The molecule has 17 heavy (non-hydrogen) atoms. The summed E-state index contributed by atoms with van der Waals surface area (Å²) in [5.74, 6) is 0. The van der Waals surface area contributed by atoms with Crippen molar-refractivity contribution < 1.29 is 5.11 Å². The van der Waals surface area contributed by atoms with Crippen LogP contribution in [-0.2, 0) is 0 Å². The Morgan fingerprint density at radius 3 is 2.47 bits per heavy atom. The summed E-state index contributed by atoms with van der Waals surface area (Å²) >= 11 is 3.50. The molecule has 94 valence electrons. The molecule has 1 N–H and O–H groups in total. The lowest BCUT2D eigenvalue weighted by Crippen LogP contribution is -2.36. The molecule has 0 aromatic heterocycles. The molecule has 1 aliphatic rings. The summed E-state index contributed by atoms with van der Waals surface area (Å²) in [5.41, 5.74) is 2.60. The van der Waals surface area contributed by atoms with Gasteiger partial charge in [0.25, 0.3) is 0 Å². The molecule has 1 saturated carbocycles. The molecule has 0 spiro atoms. The van der Waals surface area contributed by atoms with Gasteiger partial charge < -0.3 is 10.0 Å². The maximum atomic E-state index is 9.55. The summed E-state index contributed by atoms with van der Waals surface area (Å²) in [6.45, 7) is 2.15. The van der Waals surface area contributed by atoms with Gasteiger partial charge in [0, 0.05) is 23.2 Å². The SMILES string of the molecule is Cc1cc(Br)ccc1N(C)C1CCC(O)CC1. The third-order valence-electron chi connectivity index (χ3n) is 3.75. The van der Waals surface area contributed by atoms with Crippen molar-refractivity contribution in [2.45, 2.75) is 44.8 Å². The number of benzene rings is 1. The molecule has 3 heteroatoms. The van der Waals surface area contributed by atoms with E-state index in [0.29, 0.717) is 6.04 Å². The maximum absolute atomic E-state index is 9.55. The number of rotatable bonds is 2. The second-order valence-electron chi connectivity index (χ2n) is 5.00. The Labute approximate surface area is 112 Å². The van der Waals surface area contributed by atoms with Crippen molar-refractivity contribution >= 4 is 21.6 Å². The van der Waals surface area contributed by atoms with Crippen LogP contribution in [-0.4, -0.2) is 24.3 Å². The van der Waals surface area contributed by atoms with Crippen LogP contribution >= 0.6 is 15.9 Å². The van der Waals surface area contributed by atoms with E-state index in [4.69, 9.17) is 0 Å². The number of nitrogens with zero attached hydrogens (tertiary/aromatic N) is 1. The third-order valence-corrected chi connectivity index (χ3v) is 4.25. The van der Waals surface area contributed by atoms with Crippen molar-refractivity contribution in [3.63, 3.8) is 0 Å². The number of aliphatic hydroxyl groups excluding tert-OH is 1. The van der Waals surface area contributed by atoms with Crippen LogP contribution in [0.25, 0.3) is 0 Å². The second kappa shape index (κ2) is 5.40.